The van der Waals surface area contributed by atoms with Crippen LogP contribution in [0.25, 0.3) is 0 Å². The molecule has 0 radical (unpaired) electrons. The predicted octanol–water partition coefficient (Wildman–Crippen LogP) is 4.27. The van der Waals surface area contributed by atoms with Crippen LogP contribution in [0.1, 0.15) is 107 Å². The number of methoxy groups -OCH3 is 1. The van der Waals surface area contributed by atoms with Crippen molar-refractivity contribution in [3.63, 3.8) is 0 Å². The second kappa shape index (κ2) is 13.7. The third-order valence-electron chi connectivity index (χ3n) is 13.0. The third-order valence-corrected chi connectivity index (χ3v) is 13.0. The molecule has 5 aliphatic rings. The molecule has 0 aromatic carbocycles. The summed E-state index contributed by atoms with van der Waals surface area (Å²) in [5.74, 6) is -4.52. The summed E-state index contributed by atoms with van der Waals surface area (Å²) in [7, 11) is 1.52. The molecule has 0 aromatic heterocycles. The molecule has 5 rings (SSSR count). The average molecular weight is 671 g/mol. The molecule has 0 aromatic rings. The molecule has 0 amide bonds. The van der Waals surface area contributed by atoms with Crippen molar-refractivity contribution >= 4 is 5.97 Å². The minimum absolute atomic E-state index is 0.153. The fourth-order valence-electron chi connectivity index (χ4n) is 9.91. The van der Waals surface area contributed by atoms with Crippen LogP contribution in [-0.2, 0) is 33.2 Å². The number of carboxylic acids is 1. The Morgan fingerprint density at radius 1 is 1.02 bits per heavy atom. The first-order valence-electron chi connectivity index (χ1n) is 18.1. The van der Waals surface area contributed by atoms with Crippen molar-refractivity contribution in [2.24, 2.45) is 35.5 Å². The van der Waals surface area contributed by atoms with Crippen LogP contribution in [0.5, 0.6) is 0 Å². The summed E-state index contributed by atoms with van der Waals surface area (Å²) in [5.41, 5.74) is -1.15. The Labute approximate surface area is 281 Å². The summed E-state index contributed by atoms with van der Waals surface area (Å²) in [6.45, 7) is 15.6. The van der Waals surface area contributed by atoms with E-state index in [-0.39, 0.29) is 54.0 Å². The van der Waals surface area contributed by atoms with Crippen LogP contribution in [0.15, 0.2) is 0 Å². The largest absolute Gasteiger partial charge is 0.481 e. The minimum atomic E-state index is -1.56. The van der Waals surface area contributed by atoms with E-state index in [2.05, 4.69) is 27.7 Å². The summed E-state index contributed by atoms with van der Waals surface area (Å²) < 4.78 is 39.4. The van der Waals surface area contributed by atoms with E-state index in [9.17, 15) is 25.2 Å². The second-order valence-electron chi connectivity index (χ2n) is 16.3. The maximum Gasteiger partial charge on any atom is 0.308 e. The molecule has 6 unspecified atom stereocenters. The summed E-state index contributed by atoms with van der Waals surface area (Å²) in [5, 5.41) is 41.8. The maximum absolute atomic E-state index is 11.8. The van der Waals surface area contributed by atoms with Crippen LogP contribution in [-0.4, -0.2) is 106 Å². The van der Waals surface area contributed by atoms with Gasteiger partial charge in [-0.25, -0.2) is 0 Å². The Kier molecular flexibility index (Phi) is 10.9. The fraction of sp³-hybridized carbons (Fsp3) is 0.972. The Morgan fingerprint density at radius 2 is 1.72 bits per heavy atom. The number of aliphatic hydroxyl groups is 3. The molecular weight excluding hydrogens is 608 g/mol. The van der Waals surface area contributed by atoms with E-state index < -0.39 is 59.6 Å². The summed E-state index contributed by atoms with van der Waals surface area (Å²) in [4.78, 5) is 11.8. The van der Waals surface area contributed by atoms with Crippen molar-refractivity contribution in [3.05, 3.63) is 0 Å². The average Bonchev–Trinajstić information content (AvgIpc) is 3.73. The highest BCUT2D eigenvalue weighted by Crippen LogP contribution is 2.55. The Hall–Kier alpha value is -0.890. The van der Waals surface area contributed by atoms with Crippen molar-refractivity contribution in [3.8, 4) is 0 Å². The lowest BCUT2D eigenvalue weighted by molar-refractivity contribution is -0.336. The van der Waals surface area contributed by atoms with Crippen LogP contribution in [0, 0.1) is 35.5 Å². The smallest absolute Gasteiger partial charge is 0.308 e. The summed E-state index contributed by atoms with van der Waals surface area (Å²) >= 11 is 0. The molecule has 5 heterocycles. The first kappa shape index (κ1) is 37.4. The molecule has 5 aliphatic heterocycles. The number of carboxylic acid groups (broad SMARTS) is 1. The van der Waals surface area contributed by atoms with E-state index in [0.29, 0.717) is 19.3 Å². The van der Waals surface area contributed by atoms with Crippen LogP contribution in [0.3, 0.4) is 0 Å². The molecule has 11 heteroatoms. The summed E-state index contributed by atoms with van der Waals surface area (Å²) in [6.07, 6.45) is 2.99. The van der Waals surface area contributed by atoms with Gasteiger partial charge in [0.1, 0.15) is 0 Å². The second-order valence-corrected chi connectivity index (χ2v) is 16.3. The molecule has 17 atom stereocenters. The van der Waals surface area contributed by atoms with E-state index in [1.54, 1.807) is 6.92 Å². The fourth-order valence-corrected chi connectivity index (χ4v) is 9.91. The normalized spacial score (nSPS) is 50.9. The highest BCUT2D eigenvalue weighted by Gasteiger charge is 2.62. The van der Waals surface area contributed by atoms with Gasteiger partial charge in [0.2, 0.25) is 0 Å². The molecule has 47 heavy (non-hydrogen) atoms. The summed E-state index contributed by atoms with van der Waals surface area (Å²) in [6, 6.07) is 0. The number of aliphatic hydroxyl groups excluding tert-OH is 2. The lowest BCUT2D eigenvalue weighted by Crippen LogP contribution is -2.57. The number of hydrogen-bond donors (Lipinski definition) is 4. The quantitative estimate of drug-likeness (QED) is 0.264. The van der Waals surface area contributed by atoms with Crippen LogP contribution in [0.4, 0.5) is 0 Å². The Bertz CT molecular complexity index is 1110. The van der Waals surface area contributed by atoms with Crippen LogP contribution >= 0.6 is 0 Å². The zero-order chi connectivity index (χ0) is 34.7. The van der Waals surface area contributed by atoms with Gasteiger partial charge in [0.05, 0.1) is 66.5 Å². The standard InChI is InChI=1S/C36H62O11/c1-10-34(31-20(3)16-26(43-31)28-19(2)15-21(4)36(41,18-37)46-28)12-11-27(44-34)33(8)13-14-35(47-33)17-25(38)22(5)30(45-35)23(6)29(42-9)24(7)32(39)40/h19-31,37-38,41H,10-18H2,1-9H3,(H,39,40)/t19-,20-,21+,22+,23-,24?,25-,26?,27?,28?,29+,30?,31?,33-,34-,35+,36-/m1/s1. The first-order chi connectivity index (χ1) is 22.0. The highest BCUT2D eigenvalue weighted by atomic mass is 16.7. The zero-order valence-corrected chi connectivity index (χ0v) is 30.0. The predicted molar refractivity (Wildman–Crippen MR) is 172 cm³/mol. The van der Waals surface area contributed by atoms with Gasteiger partial charge in [-0.15, -0.1) is 0 Å². The van der Waals surface area contributed by atoms with Crippen molar-refractivity contribution in [2.45, 2.75) is 172 Å². The monoisotopic (exact) mass is 670 g/mol. The van der Waals surface area contributed by atoms with Crippen LogP contribution < -0.4 is 0 Å². The third kappa shape index (κ3) is 6.67. The molecule has 5 fully saturated rings. The van der Waals surface area contributed by atoms with E-state index in [1.807, 2.05) is 20.8 Å². The number of ether oxygens (including phenoxy) is 6. The topological polar surface area (TPSA) is 153 Å². The molecule has 4 N–H and O–H groups in total. The van der Waals surface area contributed by atoms with Gasteiger partial charge in [-0.3, -0.25) is 4.79 Å². The van der Waals surface area contributed by atoms with Crippen molar-refractivity contribution in [2.75, 3.05) is 13.7 Å². The maximum atomic E-state index is 11.8. The number of hydrogen-bond acceptors (Lipinski definition) is 10. The Morgan fingerprint density at radius 3 is 2.34 bits per heavy atom. The number of aliphatic carboxylic acids is 1. The van der Waals surface area contributed by atoms with Crippen molar-refractivity contribution < 1.29 is 53.6 Å². The van der Waals surface area contributed by atoms with E-state index >= 15 is 0 Å². The number of rotatable bonds is 10. The first-order valence-corrected chi connectivity index (χ1v) is 18.1. The van der Waals surface area contributed by atoms with Gasteiger partial charge in [0.15, 0.2) is 11.6 Å². The molecule has 0 bridgehead atoms. The molecule has 1 spiro atoms. The zero-order valence-electron chi connectivity index (χ0n) is 30.0. The van der Waals surface area contributed by atoms with Crippen molar-refractivity contribution in [1.29, 1.82) is 0 Å². The van der Waals surface area contributed by atoms with Crippen molar-refractivity contribution in [1.82, 2.24) is 0 Å². The van der Waals surface area contributed by atoms with E-state index in [4.69, 9.17) is 28.4 Å². The van der Waals surface area contributed by atoms with Gasteiger partial charge < -0.3 is 48.8 Å². The molecular formula is C36H62O11. The minimum Gasteiger partial charge on any atom is -0.481 e. The van der Waals surface area contributed by atoms with Gasteiger partial charge >= 0.3 is 5.97 Å². The van der Waals surface area contributed by atoms with E-state index in [0.717, 1.165) is 32.1 Å². The highest BCUT2D eigenvalue weighted by molar-refractivity contribution is 5.70. The SMILES string of the molecule is CC[C@]1(C2OC(C3O[C@](O)(CO)[C@@H](C)C[C@H]3C)C[C@H]2C)CCC([C@@]2(C)CC[C@@]3(C[C@@H](O)[C@H](C)C([C@H](C)[C@H](OC)C(C)C(=O)O)O3)O2)O1. The number of carbonyl (C=O) groups is 1. The van der Waals surface area contributed by atoms with Gasteiger partial charge in [-0.05, 0) is 64.2 Å². The molecule has 0 saturated carbocycles. The van der Waals surface area contributed by atoms with Gasteiger partial charge in [-0.1, -0.05) is 41.5 Å². The Balaban J connectivity index is 1.29. The van der Waals surface area contributed by atoms with E-state index in [1.165, 1.54) is 7.11 Å². The molecule has 5 saturated heterocycles. The molecule has 272 valence electrons. The van der Waals surface area contributed by atoms with Gasteiger partial charge in [-0.2, -0.15) is 0 Å². The van der Waals surface area contributed by atoms with Crippen LogP contribution in [0.2, 0.25) is 0 Å². The van der Waals surface area contributed by atoms with Gasteiger partial charge in [0, 0.05) is 37.7 Å². The van der Waals surface area contributed by atoms with Gasteiger partial charge in [0.25, 0.3) is 0 Å². The molecule has 0 aliphatic carbocycles. The molecule has 11 nitrogen and oxygen atoms in total. The lowest BCUT2D eigenvalue weighted by atomic mass is 9.78. The lowest BCUT2D eigenvalue weighted by Gasteiger charge is -2.49.